The van der Waals surface area contributed by atoms with Crippen molar-refractivity contribution in [3.63, 3.8) is 0 Å². The normalized spacial score (nSPS) is 11.4. The summed E-state index contributed by atoms with van der Waals surface area (Å²) < 4.78 is 26.8. The summed E-state index contributed by atoms with van der Waals surface area (Å²) in [5.41, 5.74) is 3.27. The lowest BCUT2D eigenvalue weighted by Crippen LogP contribution is -2.24. The Morgan fingerprint density at radius 3 is 1.66 bits per heavy atom. The highest BCUT2D eigenvalue weighted by Gasteiger charge is 2.05. The van der Waals surface area contributed by atoms with Gasteiger partial charge in [-0.1, -0.05) is 0 Å². The predicted octanol–water partition coefficient (Wildman–Crippen LogP) is 5.30. The number of nitrogens with one attached hydrogen (secondary N) is 2. The third-order valence-electron chi connectivity index (χ3n) is 5.47. The van der Waals surface area contributed by atoms with E-state index < -0.39 is 0 Å². The van der Waals surface area contributed by atoms with Gasteiger partial charge in [0.1, 0.15) is 11.6 Å². The fraction of sp³-hybridized carbons (Fsp3) is 0.280. The third-order valence-corrected chi connectivity index (χ3v) is 5.47. The molecule has 4 aromatic rings. The zero-order valence-corrected chi connectivity index (χ0v) is 18.1. The SMILES string of the molecule is CN(CCCNc1ccnc2cc(F)ccc12)CCCNc1ccnc2cc(F)ccc12. The fourth-order valence-corrected chi connectivity index (χ4v) is 3.81. The van der Waals surface area contributed by atoms with Crippen molar-refractivity contribution in [3.8, 4) is 0 Å². The van der Waals surface area contributed by atoms with Crippen LogP contribution in [0.5, 0.6) is 0 Å². The van der Waals surface area contributed by atoms with E-state index in [2.05, 4.69) is 32.5 Å². The van der Waals surface area contributed by atoms with Gasteiger partial charge in [-0.2, -0.15) is 0 Å². The van der Waals surface area contributed by atoms with Crippen molar-refractivity contribution in [2.24, 2.45) is 0 Å². The van der Waals surface area contributed by atoms with E-state index in [-0.39, 0.29) is 11.6 Å². The van der Waals surface area contributed by atoms with Crippen LogP contribution in [0.3, 0.4) is 0 Å². The third kappa shape index (κ3) is 5.48. The molecule has 0 aliphatic heterocycles. The highest BCUT2D eigenvalue weighted by atomic mass is 19.1. The van der Waals surface area contributed by atoms with E-state index in [0.717, 1.165) is 61.2 Å². The Bertz CT molecular complexity index is 1100. The predicted molar refractivity (Wildman–Crippen MR) is 127 cm³/mol. The van der Waals surface area contributed by atoms with Crippen molar-refractivity contribution in [1.29, 1.82) is 0 Å². The average molecular weight is 436 g/mol. The Morgan fingerprint density at radius 2 is 1.19 bits per heavy atom. The molecule has 2 aromatic carbocycles. The monoisotopic (exact) mass is 435 g/mol. The summed E-state index contributed by atoms with van der Waals surface area (Å²) in [5.74, 6) is -0.548. The number of hydrogen-bond acceptors (Lipinski definition) is 5. The summed E-state index contributed by atoms with van der Waals surface area (Å²) in [7, 11) is 2.12. The lowest BCUT2D eigenvalue weighted by molar-refractivity contribution is 0.331. The van der Waals surface area contributed by atoms with Crippen LogP contribution in [0.25, 0.3) is 21.8 Å². The molecule has 0 unspecified atom stereocenters. The smallest absolute Gasteiger partial charge is 0.125 e. The van der Waals surface area contributed by atoms with Crippen LogP contribution in [0.15, 0.2) is 60.9 Å². The van der Waals surface area contributed by atoms with Crippen LogP contribution in [0.2, 0.25) is 0 Å². The Morgan fingerprint density at radius 1 is 0.719 bits per heavy atom. The highest BCUT2D eigenvalue weighted by Crippen LogP contribution is 2.23. The second kappa shape index (κ2) is 10.3. The van der Waals surface area contributed by atoms with Crippen LogP contribution in [0, 0.1) is 11.6 Å². The van der Waals surface area contributed by atoms with Gasteiger partial charge < -0.3 is 15.5 Å². The number of rotatable bonds is 10. The molecule has 0 saturated carbocycles. The average Bonchev–Trinajstić information content (AvgIpc) is 2.79. The number of pyridine rings is 2. The van der Waals surface area contributed by atoms with Gasteiger partial charge in [-0.25, -0.2) is 8.78 Å². The van der Waals surface area contributed by atoms with Gasteiger partial charge in [0.25, 0.3) is 0 Å². The minimum absolute atomic E-state index is 0.274. The summed E-state index contributed by atoms with van der Waals surface area (Å²) in [5, 5.41) is 8.74. The molecule has 5 nitrogen and oxygen atoms in total. The topological polar surface area (TPSA) is 53.1 Å². The van der Waals surface area contributed by atoms with Gasteiger partial charge in [-0.15, -0.1) is 0 Å². The summed E-state index contributed by atoms with van der Waals surface area (Å²) in [6.07, 6.45) is 5.39. The summed E-state index contributed by atoms with van der Waals surface area (Å²) >= 11 is 0. The lowest BCUT2D eigenvalue weighted by atomic mass is 10.2. The van der Waals surface area contributed by atoms with Crippen LogP contribution in [-0.2, 0) is 0 Å². The van der Waals surface area contributed by atoms with E-state index in [4.69, 9.17) is 0 Å². The maximum atomic E-state index is 13.4. The molecule has 0 amide bonds. The van der Waals surface area contributed by atoms with Crippen molar-refractivity contribution in [2.45, 2.75) is 12.8 Å². The first-order valence-electron chi connectivity index (χ1n) is 10.8. The number of nitrogens with zero attached hydrogens (tertiary/aromatic N) is 3. The molecule has 7 heteroatoms. The number of hydrogen-bond donors (Lipinski definition) is 2. The molecular weight excluding hydrogens is 408 g/mol. The summed E-state index contributed by atoms with van der Waals surface area (Å²) in [6, 6.07) is 13.2. The Balaban J connectivity index is 1.18. The first kappa shape index (κ1) is 21.9. The van der Waals surface area contributed by atoms with Gasteiger partial charge in [0, 0.05) is 59.8 Å². The van der Waals surface area contributed by atoms with Crippen LogP contribution < -0.4 is 10.6 Å². The number of fused-ring (bicyclic) bond motifs is 2. The van der Waals surface area contributed by atoms with Gasteiger partial charge in [-0.3, -0.25) is 9.97 Å². The molecule has 4 rings (SSSR count). The largest absolute Gasteiger partial charge is 0.384 e. The lowest BCUT2D eigenvalue weighted by Gasteiger charge is -2.18. The van der Waals surface area contributed by atoms with Crippen LogP contribution in [0.1, 0.15) is 12.8 Å². The van der Waals surface area contributed by atoms with E-state index in [1.54, 1.807) is 24.5 Å². The van der Waals surface area contributed by atoms with Crippen molar-refractivity contribution in [2.75, 3.05) is 43.9 Å². The van der Waals surface area contributed by atoms with Crippen LogP contribution >= 0.6 is 0 Å². The Kier molecular flexibility index (Phi) is 7.07. The molecule has 32 heavy (non-hydrogen) atoms. The second-order valence-corrected chi connectivity index (χ2v) is 7.90. The second-order valence-electron chi connectivity index (χ2n) is 7.90. The standard InChI is InChI=1S/C25H27F2N5/c1-32(14-2-10-28-22-8-12-30-24-16-18(26)4-6-20(22)24)15-3-11-29-23-9-13-31-25-17-19(27)5-7-21(23)25/h4-9,12-13,16-17H,2-3,10-11,14-15H2,1H3,(H,28,30)(H,29,31). The van der Waals surface area contributed by atoms with E-state index in [0.29, 0.717) is 11.0 Å². The zero-order chi connectivity index (χ0) is 22.3. The summed E-state index contributed by atoms with van der Waals surface area (Å²) in [4.78, 5) is 10.8. The van der Waals surface area contributed by atoms with E-state index in [9.17, 15) is 8.78 Å². The van der Waals surface area contributed by atoms with Crippen molar-refractivity contribution in [3.05, 3.63) is 72.6 Å². The fourth-order valence-electron chi connectivity index (χ4n) is 3.81. The van der Waals surface area contributed by atoms with Crippen LogP contribution in [-0.4, -0.2) is 48.1 Å². The quantitative estimate of drug-likeness (QED) is 0.331. The van der Waals surface area contributed by atoms with Crippen LogP contribution in [0.4, 0.5) is 20.2 Å². The zero-order valence-electron chi connectivity index (χ0n) is 18.1. The van der Waals surface area contributed by atoms with Gasteiger partial charge in [0.05, 0.1) is 11.0 Å². The molecule has 0 fully saturated rings. The molecule has 0 aliphatic rings. The first-order valence-corrected chi connectivity index (χ1v) is 10.8. The minimum Gasteiger partial charge on any atom is -0.384 e. The van der Waals surface area contributed by atoms with E-state index >= 15 is 0 Å². The van der Waals surface area contributed by atoms with Gasteiger partial charge >= 0.3 is 0 Å². The molecule has 0 spiro atoms. The molecule has 0 aliphatic carbocycles. The molecule has 166 valence electrons. The molecule has 0 atom stereocenters. The molecule has 2 heterocycles. The number of benzene rings is 2. The van der Waals surface area contributed by atoms with Gasteiger partial charge in [-0.05, 0) is 69.4 Å². The van der Waals surface area contributed by atoms with E-state index in [1.165, 1.54) is 24.3 Å². The van der Waals surface area contributed by atoms with Crippen molar-refractivity contribution >= 4 is 33.2 Å². The molecule has 0 saturated heterocycles. The molecular formula is C25H27F2N5. The molecule has 2 N–H and O–H groups in total. The number of aromatic nitrogens is 2. The summed E-state index contributed by atoms with van der Waals surface area (Å²) in [6.45, 7) is 3.61. The Hall–Kier alpha value is -3.32. The van der Waals surface area contributed by atoms with Crippen molar-refractivity contribution in [1.82, 2.24) is 14.9 Å². The minimum atomic E-state index is -0.274. The number of halogens is 2. The maximum absolute atomic E-state index is 13.4. The Labute approximate surface area is 186 Å². The van der Waals surface area contributed by atoms with Gasteiger partial charge in [0.15, 0.2) is 0 Å². The van der Waals surface area contributed by atoms with E-state index in [1.807, 2.05) is 12.1 Å². The maximum Gasteiger partial charge on any atom is 0.125 e. The molecule has 2 aromatic heterocycles. The highest BCUT2D eigenvalue weighted by molar-refractivity contribution is 5.91. The van der Waals surface area contributed by atoms with Crippen molar-refractivity contribution < 1.29 is 8.78 Å². The molecule has 0 bridgehead atoms. The molecule has 0 radical (unpaired) electrons. The first-order chi connectivity index (χ1) is 15.6. The van der Waals surface area contributed by atoms with Gasteiger partial charge in [0.2, 0.25) is 0 Å². The number of anilines is 2.